The van der Waals surface area contributed by atoms with Gasteiger partial charge >= 0.3 is 18.0 Å². The van der Waals surface area contributed by atoms with Gasteiger partial charge in [0.25, 0.3) is 17.7 Å². The average Bonchev–Trinajstić information content (AvgIpc) is 1.68. The number of nitrogens with one attached hydrogen (secondary N) is 3. The summed E-state index contributed by atoms with van der Waals surface area (Å²) in [6, 6.07) is 45.0. The van der Waals surface area contributed by atoms with Crippen molar-refractivity contribution in [1.82, 2.24) is 64.8 Å². The van der Waals surface area contributed by atoms with Crippen molar-refractivity contribution in [3.63, 3.8) is 0 Å². The summed E-state index contributed by atoms with van der Waals surface area (Å²) in [5, 5.41) is 19.9. The maximum Gasteiger partial charge on any atom is 0.412 e. The molecule has 4 aliphatic heterocycles. The Hall–Kier alpha value is -13.1. The number of allylic oxidation sites excluding steroid dienone is 1. The van der Waals surface area contributed by atoms with Crippen LogP contribution in [0.25, 0.3) is 43.6 Å². The number of esters is 1. The summed E-state index contributed by atoms with van der Waals surface area (Å²) in [4.78, 5) is 139. The molecule has 16 rings (SSSR count). The van der Waals surface area contributed by atoms with Gasteiger partial charge in [-0.2, -0.15) is 0 Å². The number of rotatable bonds is 20. The number of carbonyl (C=O) groups excluding carboxylic acids is 7. The van der Waals surface area contributed by atoms with E-state index < -0.39 is 28.5 Å². The van der Waals surface area contributed by atoms with Crippen LogP contribution in [0.15, 0.2) is 218 Å². The van der Waals surface area contributed by atoms with E-state index in [2.05, 4.69) is 85.6 Å². The van der Waals surface area contributed by atoms with Crippen molar-refractivity contribution in [3.8, 4) is 0 Å². The van der Waals surface area contributed by atoms with Gasteiger partial charge < -0.3 is 50.5 Å². The van der Waals surface area contributed by atoms with Gasteiger partial charge in [-0.1, -0.05) is 54.4 Å². The number of amides is 5. The second-order valence-electron chi connectivity index (χ2n) is 35.5. The monoisotopic (exact) mass is 1980 g/mol. The number of hydrogen-bond acceptors (Lipinski definition) is 21. The molecule has 5 amide bonds. The molecule has 0 bridgehead atoms. The minimum atomic E-state index is -0.978. The highest BCUT2D eigenvalue weighted by atomic mass is 79.9. The Morgan fingerprint density at radius 1 is 0.504 bits per heavy atom. The Balaban J connectivity index is 0.000000191. The summed E-state index contributed by atoms with van der Waals surface area (Å²) in [5.41, 5.74) is 12.2. The summed E-state index contributed by atoms with van der Waals surface area (Å²) >= 11 is 7.69. The zero-order chi connectivity index (χ0) is 98.2. The van der Waals surface area contributed by atoms with Gasteiger partial charge in [0, 0.05) is 164 Å². The molecule has 8 aromatic carbocycles. The minimum Gasteiger partial charge on any atom is -0.478 e. The van der Waals surface area contributed by atoms with E-state index in [1.807, 2.05) is 33.7 Å². The van der Waals surface area contributed by atoms with Crippen molar-refractivity contribution in [2.75, 3.05) is 89.4 Å². The first-order valence-electron chi connectivity index (χ1n) is 44.8. The Bertz CT molecular complexity index is 6180. The van der Waals surface area contributed by atoms with Gasteiger partial charge in [0.15, 0.2) is 0 Å². The molecule has 4 atom stereocenters. The molecule has 4 aliphatic rings. The first kappa shape index (κ1) is 108. The van der Waals surface area contributed by atoms with E-state index in [-0.39, 0.29) is 89.1 Å². The lowest BCUT2D eigenvalue weighted by Crippen LogP contribution is -2.29. The van der Waals surface area contributed by atoms with Gasteiger partial charge in [-0.25, -0.2) is 67.0 Å². The molecular weight excluding hydrogens is 1860 g/mol. The Morgan fingerprint density at radius 2 is 0.854 bits per heavy atom. The number of likely N-dealkylation sites (N-methyl/N-ethyl adjacent to an activating group) is 1. The fourth-order valence-corrected chi connectivity index (χ4v) is 15.4. The highest BCUT2D eigenvalue weighted by Crippen LogP contribution is 2.29. The number of anilines is 3. The quantitative estimate of drug-likeness (QED) is 0.0156. The number of likely N-dealkylation sites (tertiary alicyclic amines) is 3. The van der Waals surface area contributed by atoms with Crippen LogP contribution < -0.4 is 21.7 Å². The third kappa shape index (κ3) is 35.8. The predicted octanol–water partition coefficient (Wildman–Crippen LogP) is 19.1. The lowest BCUT2D eigenvalue weighted by molar-refractivity contribution is -0.154. The van der Waals surface area contributed by atoms with Crippen molar-refractivity contribution in [2.45, 2.75) is 131 Å². The molecule has 8 heterocycles. The second kappa shape index (κ2) is 52.3. The molecule has 4 aromatic heterocycles. The van der Waals surface area contributed by atoms with E-state index in [1.165, 1.54) is 90.6 Å². The van der Waals surface area contributed by atoms with E-state index in [9.17, 15) is 55.9 Å². The van der Waals surface area contributed by atoms with Crippen LogP contribution >= 0.6 is 39.9 Å². The number of carboxylic acids is 1. The molecule has 0 unspecified atom stereocenters. The van der Waals surface area contributed by atoms with Crippen LogP contribution in [0.5, 0.6) is 0 Å². The molecule has 12 aromatic rings. The van der Waals surface area contributed by atoms with Crippen LogP contribution in [0.4, 0.5) is 39.4 Å². The number of aromatic carboxylic acids is 1. The maximum atomic E-state index is 13.4. The van der Waals surface area contributed by atoms with Crippen LogP contribution in [-0.2, 0) is 56.0 Å². The summed E-state index contributed by atoms with van der Waals surface area (Å²) in [5.74, 6) is 1.80. The van der Waals surface area contributed by atoms with Crippen molar-refractivity contribution in [3.05, 3.63) is 292 Å². The lowest BCUT2D eigenvalue weighted by atomic mass is 10.0. The van der Waals surface area contributed by atoms with Gasteiger partial charge in [0.2, 0.25) is 11.1 Å². The van der Waals surface area contributed by atoms with Crippen molar-refractivity contribution >= 4 is 148 Å². The zero-order valence-corrected chi connectivity index (χ0v) is 81.3. The standard InChI is InChI=1S/C26H28FN5O2.C25H27FN4O3.C20H19FN4O.C13H14FN3.C13H16O4.C3H2BrClO.C3H8.ClH/c1-31(2)12-3-4-25(33)29-22-8-5-19(6-9-22)26(34)32-13-11-18(17-32)14-24-28-16-20-15-21(27)7-10-23(20)30-24;1-25(2,3)33-24(32)28-20-7-4-17(5-8-20)23(31)30-11-10-16(15-30)12-22-27-14-18-13-19(26)6-9-21(18)29-22;21-16-3-6-18-15(10-16)11-23-19(24-18)9-13-7-8-25(12-13)20(26)14-1-4-17(22)5-2-14;14-11-1-2-12-10(6-11)8-16-13(17-12)5-9-3-4-15-7-9;1-13(2,3)17-11(14)8-9-4-6-10(7-5-9)12(15)16;4-2-1-3(5)6;1-3-2;/h3-10,15-16,18H,11-14,17H2,1-2H3,(H,29,33);4-9,13-14,16H,10-12,15H2,1-3H3,(H,28,32);1-6,10-11,13H,7-9,12,22H2;1-2,6,8-9,15H,3-5,7H2;4-7H,8H2,1-3H3,(H,15,16);1-2H;3H2,1-2H3;1H/b4-3+;;;;;2-1+;;/t18-;16-;13-;9-;;;;/m0000..../s1. The number of fused-ring (bicyclic) bond motifs is 4. The molecule has 27 nitrogen and oxygen atoms in total. The van der Waals surface area contributed by atoms with Gasteiger partial charge in [0.05, 0.1) is 34.1 Å². The predicted molar refractivity (Wildman–Crippen MR) is 531 cm³/mol. The number of nitrogens with two attached hydrogens (primary N) is 1. The maximum absolute atomic E-state index is 13.4. The highest BCUT2D eigenvalue weighted by molar-refractivity contribution is 9.11. The molecule has 4 fully saturated rings. The van der Waals surface area contributed by atoms with Gasteiger partial charge in [0.1, 0.15) is 57.8 Å². The number of halogens is 7. The molecule has 34 heteroatoms. The molecule has 137 heavy (non-hydrogen) atoms. The van der Waals surface area contributed by atoms with Crippen molar-refractivity contribution < 1.29 is 70.5 Å². The average molecular weight is 1980 g/mol. The summed E-state index contributed by atoms with van der Waals surface area (Å²) in [7, 11) is 3.86. The fourth-order valence-electron chi connectivity index (χ4n) is 14.9. The number of benzene rings is 8. The second-order valence-corrected chi connectivity index (χ2v) is 36.4. The molecule has 6 N–H and O–H groups in total. The Kier molecular flexibility index (Phi) is 41.0. The summed E-state index contributed by atoms with van der Waals surface area (Å²) in [6.07, 6.45) is 18.8. The molecule has 4 saturated heterocycles. The number of ether oxygens (including phenoxy) is 2. The molecule has 0 radical (unpaired) electrons. The van der Waals surface area contributed by atoms with E-state index in [0.29, 0.717) is 137 Å². The van der Waals surface area contributed by atoms with E-state index in [0.717, 1.165) is 84.5 Å². The molecule has 0 aliphatic carbocycles. The smallest absolute Gasteiger partial charge is 0.412 e. The molecular formula is C103H115BrCl2F4N16O11. The van der Waals surface area contributed by atoms with Crippen LogP contribution in [-0.4, -0.2) is 196 Å². The normalized spacial score (nSPS) is 15.5. The van der Waals surface area contributed by atoms with E-state index in [4.69, 9.17) is 31.9 Å². The third-order valence-corrected chi connectivity index (χ3v) is 21.8. The number of hydrogen-bond donors (Lipinski definition) is 5. The molecule has 0 spiro atoms. The van der Waals surface area contributed by atoms with E-state index in [1.54, 1.807) is 182 Å². The molecule has 0 saturated carbocycles. The lowest BCUT2D eigenvalue weighted by Gasteiger charge is -2.20. The largest absolute Gasteiger partial charge is 0.478 e. The minimum absolute atomic E-state index is 0. The third-order valence-electron chi connectivity index (χ3n) is 21.4. The van der Waals surface area contributed by atoms with Crippen LogP contribution in [0.1, 0.15) is 158 Å². The van der Waals surface area contributed by atoms with Crippen molar-refractivity contribution in [2.24, 2.45) is 23.7 Å². The Morgan fingerprint density at radius 3 is 1.18 bits per heavy atom. The first-order valence-corrected chi connectivity index (χ1v) is 46.1. The number of nitrogen functional groups attached to an aromatic ring is 1. The van der Waals surface area contributed by atoms with Crippen LogP contribution in [0.2, 0.25) is 0 Å². The summed E-state index contributed by atoms with van der Waals surface area (Å²) in [6.45, 7) is 21.9. The number of carbonyl (C=O) groups is 8. The topological polar surface area (TPSA) is 353 Å². The van der Waals surface area contributed by atoms with Gasteiger partial charge in [-0.15, -0.1) is 12.4 Å². The van der Waals surface area contributed by atoms with E-state index >= 15 is 0 Å². The first-order chi connectivity index (χ1) is 64.9. The van der Waals surface area contributed by atoms with Crippen molar-refractivity contribution in [1.29, 1.82) is 0 Å². The number of nitrogens with zero attached hydrogens (tertiary/aromatic N) is 12. The number of aromatic nitrogens is 8. The summed E-state index contributed by atoms with van der Waals surface area (Å²) < 4.78 is 63.3. The number of carboxylic acid groups (broad SMARTS) is 1. The van der Waals surface area contributed by atoms with Crippen LogP contribution in [0.3, 0.4) is 0 Å². The fraction of sp³-hybridized carbons (Fsp3) is 0.340. The van der Waals surface area contributed by atoms with Crippen LogP contribution in [0, 0.1) is 46.9 Å². The van der Waals surface area contributed by atoms with Gasteiger partial charge in [-0.05, 0) is 298 Å². The highest BCUT2D eigenvalue weighted by Gasteiger charge is 2.32. The zero-order valence-electron chi connectivity index (χ0n) is 78.2. The molecule has 722 valence electrons. The van der Waals surface area contributed by atoms with Gasteiger partial charge in [-0.3, -0.25) is 34.1 Å². The SMILES string of the molecule is CC(C)(C)OC(=O)Cc1ccc(C(=O)O)cc1.CC(C)(C)OC(=O)Nc1ccc(C(=O)N2CC[C@@H](Cc3ncc4cc(F)ccc4n3)C2)cc1.CCC.CN(C)C/C=C/C(=O)Nc1ccc(C(=O)N2CC[C@@H](Cc3ncc4cc(F)ccc4n3)C2)cc1.Cl.Fc1ccc2nc(C[C@@H]3CCNC3)ncc2c1.Nc1ccc(C(=O)N2CC[C@@H](Cc3ncc4cc(F)ccc4n3)C2)cc1.O=C(Cl)/C=C/Br. The Labute approximate surface area is 813 Å².